The maximum Gasteiger partial charge on any atom is 0.397 e. The first kappa shape index (κ1) is 20.6. The Morgan fingerprint density at radius 1 is 1.04 bits per heavy atom. The maximum atomic E-state index is 12.6. The molecule has 0 saturated heterocycles. The van der Waals surface area contributed by atoms with Crippen LogP contribution < -0.4 is 9.47 Å². The van der Waals surface area contributed by atoms with Crippen LogP contribution in [0.1, 0.15) is 16.7 Å². The predicted molar refractivity (Wildman–Crippen MR) is 95.4 cm³/mol. The molecule has 0 heterocycles. The van der Waals surface area contributed by atoms with Crippen LogP contribution in [-0.4, -0.2) is 19.5 Å². The number of rotatable bonds is 7. The molecule has 0 aliphatic rings. The van der Waals surface area contributed by atoms with Gasteiger partial charge in [0.25, 0.3) is 0 Å². The van der Waals surface area contributed by atoms with Crippen LogP contribution in [0, 0.1) is 19.8 Å². The quantitative estimate of drug-likeness (QED) is 0.485. The number of aryl methyl sites for hydroxylation is 2. The summed E-state index contributed by atoms with van der Waals surface area (Å²) in [6, 6.07) is 10.6. The van der Waals surface area contributed by atoms with Gasteiger partial charge >= 0.3 is 6.18 Å². The van der Waals surface area contributed by atoms with Crippen molar-refractivity contribution in [1.29, 1.82) is 0 Å². The summed E-state index contributed by atoms with van der Waals surface area (Å²) in [6.45, 7) is 1.81. The third kappa shape index (κ3) is 5.37. The molecule has 2 aromatic rings. The van der Waals surface area contributed by atoms with Crippen LogP contribution in [-0.2, 0) is 6.61 Å². The van der Waals surface area contributed by atoms with Crippen molar-refractivity contribution in [3.8, 4) is 11.5 Å². The standard InChI is InChI=1S/C19H19BrF4O2/c1-12-4-3-5-13(2)18(12)26-10-14-8-16(6-7-17(14)20)25-11-15(9-21)19(22,23)24/h3-8,15H,9-11H2,1-2H3. The van der Waals surface area contributed by atoms with Gasteiger partial charge in [-0.25, -0.2) is 0 Å². The van der Waals surface area contributed by atoms with Crippen LogP contribution in [0.4, 0.5) is 17.6 Å². The number of benzene rings is 2. The molecule has 0 spiro atoms. The molecule has 142 valence electrons. The lowest BCUT2D eigenvalue weighted by molar-refractivity contribution is -0.185. The largest absolute Gasteiger partial charge is 0.493 e. The van der Waals surface area contributed by atoms with Crippen molar-refractivity contribution in [3.05, 3.63) is 57.6 Å². The molecule has 26 heavy (non-hydrogen) atoms. The van der Waals surface area contributed by atoms with Gasteiger partial charge in [-0.15, -0.1) is 0 Å². The molecular formula is C19H19BrF4O2. The summed E-state index contributed by atoms with van der Waals surface area (Å²) in [5, 5.41) is 0. The van der Waals surface area contributed by atoms with Crippen LogP contribution in [0.25, 0.3) is 0 Å². The molecule has 0 saturated carbocycles. The van der Waals surface area contributed by atoms with E-state index in [0.717, 1.165) is 21.3 Å². The van der Waals surface area contributed by atoms with Crippen molar-refractivity contribution in [2.75, 3.05) is 13.3 Å². The summed E-state index contributed by atoms with van der Waals surface area (Å²) >= 11 is 3.39. The number of halogens is 5. The Hall–Kier alpha value is -1.76. The molecule has 0 fully saturated rings. The lowest BCUT2D eigenvalue weighted by Gasteiger charge is -2.18. The molecule has 0 aliphatic carbocycles. The number of hydrogen-bond acceptors (Lipinski definition) is 2. The van der Waals surface area contributed by atoms with Gasteiger partial charge in [-0.3, -0.25) is 4.39 Å². The number of para-hydroxylation sites is 1. The van der Waals surface area contributed by atoms with Crippen LogP contribution in [0.15, 0.2) is 40.9 Å². The van der Waals surface area contributed by atoms with E-state index in [1.165, 1.54) is 6.07 Å². The van der Waals surface area contributed by atoms with Gasteiger partial charge in [-0.2, -0.15) is 13.2 Å². The smallest absolute Gasteiger partial charge is 0.397 e. The Morgan fingerprint density at radius 3 is 2.27 bits per heavy atom. The van der Waals surface area contributed by atoms with E-state index in [9.17, 15) is 17.6 Å². The van der Waals surface area contributed by atoms with Gasteiger partial charge in [0.1, 0.15) is 37.3 Å². The van der Waals surface area contributed by atoms with E-state index >= 15 is 0 Å². The summed E-state index contributed by atoms with van der Waals surface area (Å²) in [5.74, 6) is -1.14. The molecular weight excluding hydrogens is 416 g/mol. The molecule has 0 amide bonds. The zero-order valence-corrected chi connectivity index (χ0v) is 16.0. The highest BCUT2D eigenvalue weighted by Gasteiger charge is 2.40. The highest BCUT2D eigenvalue weighted by molar-refractivity contribution is 9.10. The highest BCUT2D eigenvalue weighted by atomic mass is 79.9. The molecule has 1 atom stereocenters. The Kier molecular flexibility index (Phi) is 6.92. The first-order chi connectivity index (χ1) is 12.2. The zero-order chi connectivity index (χ0) is 19.3. The van der Waals surface area contributed by atoms with Crippen molar-refractivity contribution in [1.82, 2.24) is 0 Å². The summed E-state index contributed by atoms with van der Waals surface area (Å²) in [5.41, 5.74) is 2.70. The van der Waals surface area contributed by atoms with E-state index < -0.39 is 25.4 Å². The third-order valence-electron chi connectivity index (χ3n) is 3.90. The second-order valence-electron chi connectivity index (χ2n) is 5.97. The zero-order valence-electron chi connectivity index (χ0n) is 14.4. The van der Waals surface area contributed by atoms with Crippen molar-refractivity contribution in [2.45, 2.75) is 26.6 Å². The minimum Gasteiger partial charge on any atom is -0.493 e. The first-order valence-electron chi connectivity index (χ1n) is 7.95. The van der Waals surface area contributed by atoms with Gasteiger partial charge < -0.3 is 9.47 Å². The molecule has 0 N–H and O–H groups in total. The average molecular weight is 435 g/mol. The molecule has 0 radical (unpaired) electrons. The minimum absolute atomic E-state index is 0.218. The normalized spacial score (nSPS) is 12.7. The van der Waals surface area contributed by atoms with Crippen molar-refractivity contribution in [3.63, 3.8) is 0 Å². The summed E-state index contributed by atoms with van der Waals surface area (Å²) in [4.78, 5) is 0. The second-order valence-corrected chi connectivity index (χ2v) is 6.82. The predicted octanol–water partition coefficient (Wildman–Crippen LogP) is 6.17. The molecule has 1 unspecified atom stereocenters. The van der Waals surface area contributed by atoms with Crippen molar-refractivity contribution in [2.24, 2.45) is 5.92 Å². The second kappa shape index (κ2) is 8.75. The summed E-state index contributed by atoms with van der Waals surface area (Å²) < 4.78 is 62.1. The fourth-order valence-electron chi connectivity index (χ4n) is 2.35. The SMILES string of the molecule is Cc1cccc(C)c1OCc1cc(OCC(CF)C(F)(F)F)ccc1Br. The Balaban J connectivity index is 2.07. The summed E-state index contributed by atoms with van der Waals surface area (Å²) in [6.07, 6.45) is -4.63. The van der Waals surface area contributed by atoms with Crippen LogP contribution >= 0.6 is 15.9 Å². The van der Waals surface area contributed by atoms with E-state index in [0.29, 0.717) is 5.56 Å². The van der Waals surface area contributed by atoms with Crippen molar-refractivity contribution >= 4 is 15.9 Å². The van der Waals surface area contributed by atoms with Crippen LogP contribution in [0.5, 0.6) is 11.5 Å². The number of alkyl halides is 4. The van der Waals surface area contributed by atoms with Gasteiger partial charge in [0.15, 0.2) is 0 Å². The van der Waals surface area contributed by atoms with Gasteiger partial charge in [0, 0.05) is 10.0 Å². The molecule has 2 nitrogen and oxygen atoms in total. The molecule has 0 aromatic heterocycles. The Morgan fingerprint density at radius 2 is 1.69 bits per heavy atom. The van der Waals surface area contributed by atoms with Gasteiger partial charge in [0.2, 0.25) is 0 Å². The van der Waals surface area contributed by atoms with E-state index in [-0.39, 0.29) is 12.4 Å². The monoisotopic (exact) mass is 434 g/mol. The average Bonchev–Trinajstić information content (AvgIpc) is 2.56. The Bertz CT molecular complexity index is 727. The van der Waals surface area contributed by atoms with E-state index in [4.69, 9.17) is 9.47 Å². The fourth-order valence-corrected chi connectivity index (χ4v) is 2.71. The highest BCUT2D eigenvalue weighted by Crippen LogP contribution is 2.30. The summed E-state index contributed by atoms with van der Waals surface area (Å²) in [7, 11) is 0. The van der Waals surface area contributed by atoms with Crippen molar-refractivity contribution < 1.29 is 27.0 Å². The molecule has 2 rings (SSSR count). The van der Waals surface area contributed by atoms with Gasteiger partial charge in [0.05, 0.1) is 0 Å². The van der Waals surface area contributed by atoms with E-state index in [1.807, 2.05) is 32.0 Å². The van der Waals surface area contributed by atoms with Gasteiger partial charge in [-0.05, 0) is 43.2 Å². The van der Waals surface area contributed by atoms with E-state index in [2.05, 4.69) is 15.9 Å². The van der Waals surface area contributed by atoms with Crippen LogP contribution in [0.2, 0.25) is 0 Å². The third-order valence-corrected chi connectivity index (χ3v) is 4.67. The molecule has 7 heteroatoms. The number of hydrogen-bond donors (Lipinski definition) is 0. The molecule has 0 bridgehead atoms. The lowest BCUT2D eigenvalue weighted by atomic mass is 10.1. The first-order valence-corrected chi connectivity index (χ1v) is 8.74. The Labute approximate surface area is 158 Å². The maximum absolute atomic E-state index is 12.6. The van der Waals surface area contributed by atoms with Crippen LogP contribution in [0.3, 0.4) is 0 Å². The number of ether oxygens (including phenoxy) is 2. The molecule has 2 aromatic carbocycles. The molecule has 0 aliphatic heterocycles. The lowest BCUT2D eigenvalue weighted by Crippen LogP contribution is -2.30. The van der Waals surface area contributed by atoms with Gasteiger partial charge in [-0.1, -0.05) is 34.1 Å². The topological polar surface area (TPSA) is 18.5 Å². The van der Waals surface area contributed by atoms with E-state index in [1.54, 1.807) is 12.1 Å². The minimum atomic E-state index is -4.63. The fraction of sp³-hybridized carbons (Fsp3) is 0.368.